The summed E-state index contributed by atoms with van der Waals surface area (Å²) in [5.41, 5.74) is 4.26. The molecule has 0 aliphatic carbocycles. The number of rotatable bonds is 6. The largest absolute Gasteiger partial charge is 0.337 e. The smallest absolute Gasteiger partial charge is 0.0946 e. The predicted molar refractivity (Wildman–Crippen MR) is 80.4 cm³/mol. The fraction of sp³-hybridized carbons (Fsp3) is 0.471. The zero-order valence-corrected chi connectivity index (χ0v) is 12.3. The van der Waals surface area contributed by atoms with Crippen LogP contribution in [0.4, 0.5) is 0 Å². The number of nitrogens with zero attached hydrogens (tertiary/aromatic N) is 2. The lowest BCUT2D eigenvalue weighted by molar-refractivity contribution is 0.503. The molecular weight excluding hydrogens is 232 g/mol. The van der Waals surface area contributed by atoms with Crippen LogP contribution in [0.3, 0.4) is 0 Å². The second-order valence-electron chi connectivity index (χ2n) is 5.46. The van der Waals surface area contributed by atoms with Crippen molar-refractivity contribution in [3.63, 3.8) is 0 Å². The van der Waals surface area contributed by atoms with Crippen LogP contribution in [0.2, 0.25) is 0 Å². The van der Waals surface area contributed by atoms with Gasteiger partial charge in [0.1, 0.15) is 0 Å². The van der Waals surface area contributed by atoms with Gasteiger partial charge < -0.3 is 4.57 Å². The fourth-order valence-electron chi connectivity index (χ4n) is 2.73. The second kappa shape index (κ2) is 6.55. The summed E-state index contributed by atoms with van der Waals surface area (Å²) in [5.74, 6) is 0.592. The molecule has 0 amide bonds. The summed E-state index contributed by atoms with van der Waals surface area (Å²) in [6.45, 7) is 7.68. The molecule has 2 heteroatoms. The van der Waals surface area contributed by atoms with Crippen LogP contribution in [-0.4, -0.2) is 9.55 Å². The van der Waals surface area contributed by atoms with Crippen LogP contribution < -0.4 is 0 Å². The van der Waals surface area contributed by atoms with Crippen molar-refractivity contribution in [3.8, 4) is 0 Å². The van der Waals surface area contributed by atoms with Crippen molar-refractivity contribution in [1.82, 2.24) is 9.55 Å². The molecule has 2 aromatic rings. The number of hydrogen-bond donors (Lipinski definition) is 0. The van der Waals surface area contributed by atoms with Crippen LogP contribution in [0.5, 0.6) is 0 Å². The van der Waals surface area contributed by atoms with Gasteiger partial charge in [-0.05, 0) is 31.4 Å². The van der Waals surface area contributed by atoms with Gasteiger partial charge in [0.25, 0.3) is 0 Å². The molecule has 0 spiro atoms. The first-order valence-electron chi connectivity index (χ1n) is 7.23. The molecule has 19 heavy (non-hydrogen) atoms. The van der Waals surface area contributed by atoms with E-state index in [2.05, 4.69) is 54.7 Å². The molecular formula is C17H24N2. The van der Waals surface area contributed by atoms with Gasteiger partial charge in [0.05, 0.1) is 6.33 Å². The van der Waals surface area contributed by atoms with Gasteiger partial charge in [-0.25, -0.2) is 4.98 Å². The normalized spacial score (nSPS) is 12.6. The van der Waals surface area contributed by atoms with E-state index in [9.17, 15) is 0 Å². The SMILES string of the molecule is CCCCC(Cn1ccnc1)c1ccc(C)cc1C. The summed E-state index contributed by atoms with van der Waals surface area (Å²) in [7, 11) is 0. The van der Waals surface area contributed by atoms with Gasteiger partial charge in [0.15, 0.2) is 0 Å². The molecule has 0 aliphatic rings. The number of aryl methyl sites for hydroxylation is 2. The number of aromatic nitrogens is 2. The summed E-state index contributed by atoms with van der Waals surface area (Å²) < 4.78 is 2.19. The molecule has 1 unspecified atom stereocenters. The standard InChI is InChI=1S/C17H24N2/c1-4-5-6-16(12-19-10-9-18-13-19)17-8-7-14(2)11-15(17)3/h7-11,13,16H,4-6,12H2,1-3H3. The Hall–Kier alpha value is -1.57. The van der Waals surface area contributed by atoms with Gasteiger partial charge in [-0.3, -0.25) is 0 Å². The lowest BCUT2D eigenvalue weighted by Crippen LogP contribution is -2.09. The first-order chi connectivity index (χ1) is 9.20. The summed E-state index contributed by atoms with van der Waals surface area (Å²) >= 11 is 0. The zero-order chi connectivity index (χ0) is 13.7. The van der Waals surface area contributed by atoms with Crippen LogP contribution in [0.25, 0.3) is 0 Å². The number of benzene rings is 1. The third-order valence-electron chi connectivity index (χ3n) is 3.76. The maximum Gasteiger partial charge on any atom is 0.0946 e. The predicted octanol–water partition coefficient (Wildman–Crippen LogP) is 4.47. The lowest BCUT2D eigenvalue weighted by atomic mass is 9.89. The molecule has 0 saturated heterocycles. The summed E-state index contributed by atoms with van der Waals surface area (Å²) in [5, 5.41) is 0. The van der Waals surface area contributed by atoms with Crippen LogP contribution in [0.15, 0.2) is 36.9 Å². The van der Waals surface area contributed by atoms with Crippen molar-refractivity contribution in [3.05, 3.63) is 53.6 Å². The highest BCUT2D eigenvalue weighted by Gasteiger charge is 2.14. The van der Waals surface area contributed by atoms with Crippen LogP contribution in [0.1, 0.15) is 48.8 Å². The minimum Gasteiger partial charge on any atom is -0.337 e. The summed E-state index contributed by atoms with van der Waals surface area (Å²) in [6, 6.07) is 6.83. The van der Waals surface area contributed by atoms with E-state index >= 15 is 0 Å². The highest BCUT2D eigenvalue weighted by molar-refractivity contribution is 5.33. The third kappa shape index (κ3) is 3.69. The topological polar surface area (TPSA) is 17.8 Å². The summed E-state index contributed by atoms with van der Waals surface area (Å²) in [4.78, 5) is 4.15. The van der Waals surface area contributed by atoms with Crippen molar-refractivity contribution in [2.45, 2.75) is 52.5 Å². The molecule has 102 valence electrons. The average Bonchev–Trinajstić information content (AvgIpc) is 2.88. The monoisotopic (exact) mass is 256 g/mol. The lowest BCUT2D eigenvalue weighted by Gasteiger charge is -2.20. The Balaban J connectivity index is 2.20. The van der Waals surface area contributed by atoms with E-state index in [0.29, 0.717) is 5.92 Å². The van der Waals surface area contributed by atoms with Gasteiger partial charge in [0.2, 0.25) is 0 Å². The van der Waals surface area contributed by atoms with Crippen LogP contribution in [0, 0.1) is 13.8 Å². The molecule has 0 fully saturated rings. The number of imidazole rings is 1. The van der Waals surface area contributed by atoms with Crippen molar-refractivity contribution in [2.24, 2.45) is 0 Å². The van der Waals surface area contributed by atoms with Crippen molar-refractivity contribution < 1.29 is 0 Å². The van der Waals surface area contributed by atoms with Crippen LogP contribution >= 0.6 is 0 Å². The highest BCUT2D eigenvalue weighted by atomic mass is 15.0. The van der Waals surface area contributed by atoms with Gasteiger partial charge in [-0.15, -0.1) is 0 Å². The minimum atomic E-state index is 0.592. The maximum atomic E-state index is 4.15. The van der Waals surface area contributed by atoms with E-state index in [0.717, 1.165) is 6.54 Å². The van der Waals surface area contributed by atoms with Crippen molar-refractivity contribution in [2.75, 3.05) is 0 Å². The molecule has 2 nitrogen and oxygen atoms in total. The minimum absolute atomic E-state index is 0.592. The fourth-order valence-corrected chi connectivity index (χ4v) is 2.73. The number of hydrogen-bond acceptors (Lipinski definition) is 1. The summed E-state index contributed by atoms with van der Waals surface area (Å²) in [6.07, 6.45) is 9.63. The molecule has 1 atom stereocenters. The first kappa shape index (κ1) is 13.9. The quantitative estimate of drug-likeness (QED) is 0.745. The van der Waals surface area contributed by atoms with E-state index < -0.39 is 0 Å². The molecule has 0 saturated carbocycles. The molecule has 0 bridgehead atoms. The molecule has 1 aromatic carbocycles. The Morgan fingerprint density at radius 3 is 2.74 bits per heavy atom. The Kier molecular flexibility index (Phi) is 4.78. The highest BCUT2D eigenvalue weighted by Crippen LogP contribution is 2.27. The van der Waals surface area contributed by atoms with Gasteiger partial charge in [-0.2, -0.15) is 0 Å². The van der Waals surface area contributed by atoms with Gasteiger partial charge in [0, 0.05) is 24.9 Å². The first-order valence-corrected chi connectivity index (χ1v) is 7.23. The molecule has 1 aromatic heterocycles. The van der Waals surface area contributed by atoms with Gasteiger partial charge >= 0.3 is 0 Å². The maximum absolute atomic E-state index is 4.15. The van der Waals surface area contributed by atoms with E-state index in [1.165, 1.54) is 36.0 Å². The second-order valence-corrected chi connectivity index (χ2v) is 5.46. The third-order valence-corrected chi connectivity index (χ3v) is 3.76. The Bertz CT molecular complexity index is 500. The molecule has 1 heterocycles. The molecule has 0 aliphatic heterocycles. The van der Waals surface area contributed by atoms with E-state index in [1.807, 2.05) is 12.5 Å². The van der Waals surface area contributed by atoms with E-state index in [-0.39, 0.29) is 0 Å². The van der Waals surface area contributed by atoms with Crippen LogP contribution in [-0.2, 0) is 6.54 Å². The molecule has 0 N–H and O–H groups in total. The number of unbranched alkanes of at least 4 members (excludes halogenated alkanes) is 1. The average molecular weight is 256 g/mol. The molecule has 0 radical (unpaired) electrons. The van der Waals surface area contributed by atoms with E-state index in [1.54, 1.807) is 0 Å². The Labute approximate surface area is 116 Å². The molecule has 2 rings (SSSR count). The van der Waals surface area contributed by atoms with Crippen molar-refractivity contribution >= 4 is 0 Å². The van der Waals surface area contributed by atoms with Crippen molar-refractivity contribution in [1.29, 1.82) is 0 Å². The zero-order valence-electron chi connectivity index (χ0n) is 12.3. The van der Waals surface area contributed by atoms with Gasteiger partial charge in [-0.1, -0.05) is 43.5 Å². The Morgan fingerprint density at radius 2 is 2.11 bits per heavy atom. The Morgan fingerprint density at radius 1 is 1.26 bits per heavy atom. The van der Waals surface area contributed by atoms with E-state index in [4.69, 9.17) is 0 Å².